The molecule has 2 N–H and O–H groups in total. The van der Waals surface area contributed by atoms with Crippen molar-refractivity contribution in [2.24, 2.45) is 0 Å². The number of amides is 1. The van der Waals surface area contributed by atoms with Crippen molar-refractivity contribution in [1.82, 2.24) is 0 Å². The van der Waals surface area contributed by atoms with E-state index in [0.717, 1.165) is 15.6 Å². The molecule has 0 saturated carbocycles. The molecule has 0 aliphatic heterocycles. The van der Waals surface area contributed by atoms with Crippen LogP contribution in [0.3, 0.4) is 0 Å². The molecule has 0 aromatic heterocycles. The predicted octanol–water partition coefficient (Wildman–Crippen LogP) is 5.27. The Morgan fingerprint density at radius 3 is 2.03 bits per heavy atom. The van der Waals surface area contributed by atoms with Crippen LogP contribution in [0.2, 0.25) is 0 Å². The van der Waals surface area contributed by atoms with Crippen LogP contribution in [0.1, 0.15) is 18.1 Å². The summed E-state index contributed by atoms with van der Waals surface area (Å²) in [4.78, 5) is 12.6. The van der Waals surface area contributed by atoms with E-state index in [1.54, 1.807) is 31.2 Å². The SMILES string of the molecule is Cc1cc(C)cc(O[C@@H](C)C(=O)Nc2ccc(S(=O)(=O)Nc3ccc(Br)cc3)cc2)c1. The Labute approximate surface area is 190 Å². The summed E-state index contributed by atoms with van der Waals surface area (Å²) in [6, 6.07) is 18.5. The van der Waals surface area contributed by atoms with Gasteiger partial charge in [-0.2, -0.15) is 0 Å². The first kappa shape index (κ1) is 22.8. The number of benzene rings is 3. The van der Waals surface area contributed by atoms with E-state index in [9.17, 15) is 13.2 Å². The maximum Gasteiger partial charge on any atom is 0.265 e. The average Bonchev–Trinajstić information content (AvgIpc) is 2.69. The molecule has 1 atom stereocenters. The van der Waals surface area contributed by atoms with Gasteiger partial charge in [0.05, 0.1) is 4.90 Å². The smallest absolute Gasteiger partial charge is 0.265 e. The summed E-state index contributed by atoms with van der Waals surface area (Å²) in [5, 5.41) is 2.74. The van der Waals surface area contributed by atoms with Crippen molar-refractivity contribution in [3.63, 3.8) is 0 Å². The number of ether oxygens (including phenoxy) is 1. The van der Waals surface area contributed by atoms with Gasteiger partial charge < -0.3 is 10.1 Å². The summed E-state index contributed by atoms with van der Waals surface area (Å²) in [6.07, 6.45) is -0.719. The molecule has 0 heterocycles. The molecule has 162 valence electrons. The number of rotatable bonds is 7. The van der Waals surface area contributed by atoms with Crippen molar-refractivity contribution in [3.05, 3.63) is 82.3 Å². The van der Waals surface area contributed by atoms with Gasteiger partial charge in [0.1, 0.15) is 5.75 Å². The van der Waals surface area contributed by atoms with Gasteiger partial charge in [-0.3, -0.25) is 9.52 Å². The van der Waals surface area contributed by atoms with Gasteiger partial charge in [-0.15, -0.1) is 0 Å². The Kier molecular flexibility index (Phi) is 7.02. The molecule has 0 spiro atoms. The van der Waals surface area contributed by atoms with Gasteiger partial charge in [-0.05, 0) is 92.6 Å². The van der Waals surface area contributed by atoms with Gasteiger partial charge in [0.25, 0.3) is 15.9 Å². The lowest BCUT2D eigenvalue weighted by Crippen LogP contribution is -2.30. The van der Waals surface area contributed by atoms with Gasteiger partial charge in [-0.1, -0.05) is 22.0 Å². The van der Waals surface area contributed by atoms with Gasteiger partial charge in [0.2, 0.25) is 0 Å². The Morgan fingerprint density at radius 2 is 1.45 bits per heavy atom. The number of anilines is 2. The third-order valence-electron chi connectivity index (χ3n) is 4.41. The maximum absolute atomic E-state index is 12.6. The number of halogens is 1. The van der Waals surface area contributed by atoms with Crippen LogP contribution in [-0.2, 0) is 14.8 Å². The molecular formula is C23H23BrN2O4S. The van der Waals surface area contributed by atoms with Crippen molar-refractivity contribution in [3.8, 4) is 5.75 Å². The van der Waals surface area contributed by atoms with Crippen molar-refractivity contribution in [1.29, 1.82) is 0 Å². The normalized spacial score (nSPS) is 12.1. The van der Waals surface area contributed by atoms with E-state index in [4.69, 9.17) is 4.74 Å². The number of hydrogen-bond donors (Lipinski definition) is 2. The Hall–Kier alpha value is -2.84. The molecule has 31 heavy (non-hydrogen) atoms. The minimum Gasteiger partial charge on any atom is -0.481 e. The molecule has 0 aliphatic carbocycles. The van der Waals surface area contributed by atoms with Crippen molar-refractivity contribution in [2.45, 2.75) is 31.8 Å². The van der Waals surface area contributed by atoms with E-state index in [0.29, 0.717) is 17.1 Å². The Morgan fingerprint density at radius 1 is 0.903 bits per heavy atom. The van der Waals surface area contributed by atoms with Crippen LogP contribution in [0.15, 0.2) is 76.1 Å². The minimum absolute atomic E-state index is 0.0907. The largest absolute Gasteiger partial charge is 0.481 e. The topological polar surface area (TPSA) is 84.5 Å². The molecule has 0 radical (unpaired) electrons. The second kappa shape index (κ2) is 9.53. The van der Waals surface area contributed by atoms with Gasteiger partial charge in [-0.25, -0.2) is 8.42 Å². The summed E-state index contributed by atoms with van der Waals surface area (Å²) in [5.41, 5.74) is 3.04. The highest BCUT2D eigenvalue weighted by Crippen LogP contribution is 2.21. The average molecular weight is 503 g/mol. The third-order valence-corrected chi connectivity index (χ3v) is 6.33. The van der Waals surface area contributed by atoms with E-state index >= 15 is 0 Å². The number of hydrogen-bond acceptors (Lipinski definition) is 4. The molecule has 6 nitrogen and oxygen atoms in total. The first-order chi connectivity index (χ1) is 14.6. The van der Waals surface area contributed by atoms with Gasteiger partial charge >= 0.3 is 0 Å². The monoisotopic (exact) mass is 502 g/mol. The molecule has 3 rings (SSSR count). The lowest BCUT2D eigenvalue weighted by atomic mass is 10.1. The standard InChI is InChI=1S/C23H23BrN2O4S/c1-15-12-16(2)14-21(13-15)30-17(3)23(27)25-19-8-10-22(11-9-19)31(28,29)26-20-6-4-18(24)5-7-20/h4-14,17,26H,1-3H3,(H,25,27)/t17-/m0/s1. The second-order valence-corrected chi connectivity index (χ2v) is 9.81. The molecule has 0 fully saturated rings. The zero-order chi connectivity index (χ0) is 22.6. The first-order valence-electron chi connectivity index (χ1n) is 9.57. The number of carbonyl (C=O) groups excluding carboxylic acids is 1. The molecule has 0 saturated heterocycles. The molecule has 8 heteroatoms. The first-order valence-corrected chi connectivity index (χ1v) is 11.8. The third kappa shape index (κ3) is 6.32. The van der Waals surface area contributed by atoms with Crippen LogP contribution in [0, 0.1) is 13.8 Å². The molecule has 0 unspecified atom stereocenters. The molecule has 1 amide bonds. The lowest BCUT2D eigenvalue weighted by Gasteiger charge is -2.16. The van der Waals surface area contributed by atoms with E-state index in [-0.39, 0.29) is 10.8 Å². The van der Waals surface area contributed by atoms with Gasteiger partial charge in [0, 0.05) is 15.8 Å². The molecule has 3 aromatic rings. The predicted molar refractivity (Wildman–Crippen MR) is 126 cm³/mol. The van der Waals surface area contributed by atoms with Crippen molar-refractivity contribution in [2.75, 3.05) is 10.0 Å². The lowest BCUT2D eigenvalue weighted by molar-refractivity contribution is -0.122. The summed E-state index contributed by atoms with van der Waals surface area (Å²) >= 11 is 3.31. The minimum atomic E-state index is -3.74. The van der Waals surface area contributed by atoms with E-state index < -0.39 is 16.1 Å². The highest BCUT2D eigenvalue weighted by molar-refractivity contribution is 9.10. The van der Waals surface area contributed by atoms with Crippen molar-refractivity contribution >= 4 is 43.2 Å². The van der Waals surface area contributed by atoms with Crippen LogP contribution in [0.25, 0.3) is 0 Å². The Balaban J connectivity index is 1.63. The van der Waals surface area contributed by atoms with Crippen LogP contribution in [0.4, 0.5) is 11.4 Å². The van der Waals surface area contributed by atoms with Gasteiger partial charge in [0.15, 0.2) is 6.10 Å². The fourth-order valence-electron chi connectivity index (χ4n) is 2.95. The second-order valence-electron chi connectivity index (χ2n) is 7.21. The quantitative estimate of drug-likeness (QED) is 0.460. The van der Waals surface area contributed by atoms with Crippen LogP contribution in [-0.4, -0.2) is 20.4 Å². The number of sulfonamides is 1. The van der Waals surface area contributed by atoms with Crippen LogP contribution < -0.4 is 14.8 Å². The molecule has 0 bridgehead atoms. The summed E-state index contributed by atoms with van der Waals surface area (Å²) in [5.74, 6) is 0.295. The molecule has 0 aliphatic rings. The fourth-order valence-corrected chi connectivity index (χ4v) is 4.27. The Bertz CT molecular complexity index is 1160. The van der Waals surface area contributed by atoms with Crippen molar-refractivity contribution < 1.29 is 17.9 Å². The summed E-state index contributed by atoms with van der Waals surface area (Å²) in [7, 11) is -3.74. The number of nitrogens with one attached hydrogen (secondary N) is 2. The molecular weight excluding hydrogens is 480 g/mol. The molecule has 3 aromatic carbocycles. The van der Waals surface area contributed by atoms with E-state index in [1.807, 2.05) is 32.0 Å². The highest BCUT2D eigenvalue weighted by atomic mass is 79.9. The summed E-state index contributed by atoms with van der Waals surface area (Å²) < 4.78 is 34.2. The van der Waals surface area contributed by atoms with Crippen LogP contribution in [0.5, 0.6) is 5.75 Å². The fraction of sp³-hybridized carbons (Fsp3) is 0.174. The zero-order valence-corrected chi connectivity index (χ0v) is 19.7. The van der Waals surface area contributed by atoms with Crippen LogP contribution >= 0.6 is 15.9 Å². The maximum atomic E-state index is 12.6. The number of aryl methyl sites for hydroxylation is 2. The van der Waals surface area contributed by atoms with E-state index in [2.05, 4.69) is 26.0 Å². The summed E-state index contributed by atoms with van der Waals surface area (Å²) in [6.45, 7) is 5.59. The number of carbonyl (C=O) groups is 1. The highest BCUT2D eigenvalue weighted by Gasteiger charge is 2.17. The van der Waals surface area contributed by atoms with E-state index in [1.165, 1.54) is 24.3 Å². The zero-order valence-electron chi connectivity index (χ0n) is 17.3.